The summed E-state index contributed by atoms with van der Waals surface area (Å²) in [6.07, 6.45) is 2.36. The largest absolute Gasteiger partial charge is 0.414 e. The number of allylic oxidation sites excluding steroid dienone is 1. The molecule has 0 N–H and O–H groups in total. The number of rotatable bonds is 30. The number of ether oxygens (including phenoxy) is 6. The van der Waals surface area contributed by atoms with E-state index >= 15 is 13.2 Å². The van der Waals surface area contributed by atoms with E-state index in [0.717, 1.165) is 30.3 Å². The van der Waals surface area contributed by atoms with Gasteiger partial charge in [0.1, 0.15) is 36.0 Å². The summed E-state index contributed by atoms with van der Waals surface area (Å²) < 4.78 is 113. The Balaban J connectivity index is 1.49. The zero-order valence-corrected chi connectivity index (χ0v) is 72.3. The van der Waals surface area contributed by atoms with Crippen LogP contribution >= 0.6 is 0 Å². The van der Waals surface area contributed by atoms with Crippen molar-refractivity contribution < 1.29 is 68.6 Å². The Hall–Kier alpha value is -1.63. The molecule has 5 aliphatic rings. The van der Waals surface area contributed by atoms with Crippen molar-refractivity contribution in [2.75, 3.05) is 13.7 Å². The Labute approximate surface area is 601 Å². The van der Waals surface area contributed by atoms with Gasteiger partial charge in [0.05, 0.1) is 78.6 Å². The molecule has 0 amide bonds. The molecule has 5 heterocycles. The number of hydrogen-bond donors (Lipinski definition) is 0. The number of sulfone groups is 1. The molecule has 15 nitrogen and oxygen atoms in total. The van der Waals surface area contributed by atoms with Gasteiger partial charge in [-0.05, 0) is 172 Å². The predicted molar refractivity (Wildman–Crippen MR) is 411 cm³/mol. The van der Waals surface area contributed by atoms with Gasteiger partial charge in [-0.3, -0.25) is 4.79 Å². The van der Waals surface area contributed by atoms with Crippen molar-refractivity contribution in [2.24, 2.45) is 11.8 Å². The van der Waals surface area contributed by atoms with E-state index in [9.17, 15) is 4.79 Å². The van der Waals surface area contributed by atoms with Crippen LogP contribution in [0.25, 0.3) is 0 Å². The Kier molecular flexibility index (Phi) is 28.4. The van der Waals surface area contributed by atoms with Crippen molar-refractivity contribution in [3.05, 3.63) is 66.8 Å². The van der Waals surface area contributed by atoms with Gasteiger partial charge in [-0.1, -0.05) is 154 Å². The van der Waals surface area contributed by atoms with E-state index < -0.39 is 142 Å². The van der Waals surface area contributed by atoms with Crippen LogP contribution < -0.4 is 0 Å². The van der Waals surface area contributed by atoms with Crippen LogP contribution in [0.2, 0.25) is 90.7 Å². The van der Waals surface area contributed by atoms with Gasteiger partial charge >= 0.3 is 0 Å². The summed E-state index contributed by atoms with van der Waals surface area (Å²) in [5, 5.41) is -2.37. The predicted octanol–water partition coefficient (Wildman–Crippen LogP) is 18.3. The summed E-state index contributed by atoms with van der Waals surface area (Å²) in [6, 6.07) is 8.39. The summed E-state index contributed by atoms with van der Waals surface area (Å²) >= 11 is 0. The topological polar surface area (TPSA) is 170 Å². The number of hydrogen-bond acceptors (Lipinski definition) is 15. The summed E-state index contributed by atoms with van der Waals surface area (Å²) in [5.74, 6) is -1.45. The average Bonchev–Trinajstić information content (AvgIpc) is 1.19. The molecule has 5 aliphatic heterocycles. The second-order valence-corrected chi connectivity index (χ2v) is 63.3. The van der Waals surface area contributed by atoms with Crippen LogP contribution in [0.15, 0.2) is 71.7 Å². The van der Waals surface area contributed by atoms with Crippen LogP contribution in [-0.2, 0) is 70.0 Å². The first-order valence-electron chi connectivity index (χ1n) is 37.1. The van der Waals surface area contributed by atoms with E-state index in [2.05, 4.69) is 202 Å². The average molecular weight is 1480 g/mol. The fourth-order valence-corrected chi connectivity index (χ4v) is 21.7. The van der Waals surface area contributed by atoms with Crippen molar-refractivity contribution in [1.82, 2.24) is 0 Å². The third-order valence-corrected chi connectivity index (χ3v) is 49.5. The summed E-state index contributed by atoms with van der Waals surface area (Å²) in [4.78, 5) is 27.9. The zero-order chi connectivity index (χ0) is 74.1. The zero-order valence-electron chi connectivity index (χ0n) is 66.4. The fourth-order valence-electron chi connectivity index (χ4n) is 13.4. The first-order valence-corrected chi connectivity index (χ1v) is 53.2. The number of aldehydes is 1. The van der Waals surface area contributed by atoms with E-state index in [0.29, 0.717) is 51.6 Å². The lowest BCUT2D eigenvalue weighted by Crippen LogP contribution is -2.69. The molecule has 5 fully saturated rings. The van der Waals surface area contributed by atoms with Crippen LogP contribution in [0.3, 0.4) is 0 Å². The maximum absolute atomic E-state index is 16.5. The van der Waals surface area contributed by atoms with Gasteiger partial charge in [-0.2, -0.15) is 0 Å². The van der Waals surface area contributed by atoms with Crippen molar-refractivity contribution >= 4 is 63.5 Å². The molecule has 18 atom stereocenters. The summed E-state index contributed by atoms with van der Waals surface area (Å²) in [5.41, 5.74) is 1.92. The van der Waals surface area contributed by atoms with Crippen molar-refractivity contribution in [2.45, 2.75) is 381 Å². The molecule has 0 spiro atoms. The molecule has 5 saturated heterocycles. The van der Waals surface area contributed by atoms with E-state index in [4.69, 9.17) is 50.6 Å². The Bertz CT molecular complexity index is 2950. The van der Waals surface area contributed by atoms with E-state index in [-0.39, 0.29) is 67.2 Å². The lowest BCUT2D eigenvalue weighted by atomic mass is 9.81. The molecular weight excluding hydrogens is 1340 g/mol. The molecule has 0 aliphatic carbocycles. The van der Waals surface area contributed by atoms with Gasteiger partial charge in [0.15, 0.2) is 57.2 Å². The summed E-state index contributed by atoms with van der Waals surface area (Å²) in [6.45, 7) is 69.8. The highest BCUT2D eigenvalue weighted by Gasteiger charge is 2.61. The van der Waals surface area contributed by atoms with Crippen LogP contribution in [-0.4, -0.2) is 173 Å². The minimum atomic E-state index is -4.52. The number of ketones is 1. The first-order chi connectivity index (χ1) is 44.7. The second kappa shape index (κ2) is 32.6. The quantitative estimate of drug-likeness (QED) is 0.0405. The fraction of sp³-hybridized carbons (Fsp3) is 0.818. The highest BCUT2D eigenvalue weighted by molar-refractivity contribution is 7.92. The molecule has 562 valence electrons. The molecule has 1 aromatic rings. The summed E-state index contributed by atoms with van der Waals surface area (Å²) in [7, 11) is -15.4. The first kappa shape index (κ1) is 85.3. The normalized spacial score (nSPS) is 30.4. The number of benzene rings is 1. The lowest BCUT2D eigenvalue weighted by Gasteiger charge is -2.56. The maximum Gasteiger partial charge on any atom is 0.193 e. The van der Waals surface area contributed by atoms with Gasteiger partial charge in [0.25, 0.3) is 0 Å². The SMILES string of the molecule is C=C1C[C@H](CCC=O)O[C@H]1CC[C@H]1C[C@@H](C)C(=C)[C@@H](C[C@@H]2O[C@H](C[C@@H](CO[Si](C)(C)C(C)(C)C)O[Si](C)(C)C(C)(C)C)[C@H](OC)[C@H]2C(C(=O)C[C@H]2CC[C@@H]3O[C@@H]([C@H](/C=C/C)O[Si](C)(C)C(C)(C)C)[C@@H](O[Si](C)(C)C(C)(C)C)[C@@H](O[Si](C)(C)C(C)(C)C)[C@H]3O2)S(=O)(=O)c2ccccc2)O1. The minimum absolute atomic E-state index is 0.0360. The monoisotopic (exact) mass is 1470 g/mol. The van der Waals surface area contributed by atoms with Crippen molar-refractivity contribution in [3.8, 4) is 0 Å². The van der Waals surface area contributed by atoms with Gasteiger partial charge in [0.2, 0.25) is 0 Å². The van der Waals surface area contributed by atoms with Crippen LogP contribution in [0.5, 0.6) is 0 Å². The van der Waals surface area contributed by atoms with E-state index in [1.165, 1.54) is 0 Å². The Morgan fingerprint density at radius 2 is 1.19 bits per heavy atom. The smallest absolute Gasteiger partial charge is 0.193 e. The van der Waals surface area contributed by atoms with E-state index in [1.807, 2.05) is 6.92 Å². The number of Topliss-reactive ketones (excluding diaryl/α,β-unsaturated/α-hetero) is 1. The van der Waals surface area contributed by atoms with Gasteiger partial charge < -0.3 is 55.3 Å². The molecule has 0 saturated carbocycles. The molecule has 98 heavy (non-hydrogen) atoms. The standard InChI is InChI=1S/C77H138O15SSi5/c1-31-36-62(90-96(25,26)75(11,12)13)69-71(92-98(29,30)77(17,18)19)70(91-97(27,28)76(14,15)16)68-61(88-69)43-41-56(86-68)47-59(79)72(93(80,81)58-38-33-32-34-39-58)66-64(49-63-53(4)51(2)45-55(85-63)40-42-60-52(3)46-54(84-60)37-35-44-78)87-65(67(66)82-20)48-57(89-95(23,24)74(8,9)10)50-83-94(21,22)73(5,6)7/h31-34,36,38-39,44,51,54-57,60-72H,3-4,35,37,40-43,45-50H2,1-2,5-30H3/b36-31+/t51-,54+,55+,56-,57+,60+,61+,62+,63-,64+,65-,66+,67+,68+,69+,70+,71-,72?/m1/s1. The third kappa shape index (κ3) is 20.5. The molecular formula is C77H138O15SSi5. The van der Waals surface area contributed by atoms with Crippen LogP contribution in [0, 0.1) is 11.8 Å². The van der Waals surface area contributed by atoms with Crippen LogP contribution in [0.1, 0.15) is 188 Å². The molecule has 0 aromatic heterocycles. The molecule has 1 aromatic carbocycles. The Morgan fingerprint density at radius 1 is 0.643 bits per heavy atom. The van der Waals surface area contributed by atoms with Crippen LogP contribution in [0.4, 0.5) is 0 Å². The van der Waals surface area contributed by atoms with Crippen molar-refractivity contribution in [1.29, 1.82) is 0 Å². The molecule has 21 heteroatoms. The molecule has 1 unspecified atom stereocenters. The van der Waals surface area contributed by atoms with E-state index in [1.54, 1.807) is 37.4 Å². The Morgan fingerprint density at radius 3 is 1.73 bits per heavy atom. The number of methoxy groups -OCH3 is 1. The van der Waals surface area contributed by atoms with Crippen molar-refractivity contribution in [3.63, 3.8) is 0 Å². The third-order valence-electron chi connectivity index (χ3n) is 24.8. The minimum Gasteiger partial charge on any atom is -0.414 e. The molecule has 0 bridgehead atoms. The maximum atomic E-state index is 16.5. The van der Waals surface area contributed by atoms with Gasteiger partial charge in [-0.25, -0.2) is 8.42 Å². The lowest BCUT2D eigenvalue weighted by molar-refractivity contribution is -0.266. The van der Waals surface area contributed by atoms with Gasteiger partial charge in [0, 0.05) is 38.7 Å². The second-order valence-electron chi connectivity index (χ2n) is 37.4. The number of fused-ring (bicyclic) bond motifs is 1. The highest BCUT2D eigenvalue weighted by Crippen LogP contribution is 2.50. The molecule has 6 rings (SSSR count). The number of carbonyl (C=O) groups is 2. The number of carbonyl (C=O) groups excluding carboxylic acids is 2. The van der Waals surface area contributed by atoms with Gasteiger partial charge in [-0.15, -0.1) is 0 Å². The highest BCUT2D eigenvalue weighted by atomic mass is 32.2. The molecule has 0 radical (unpaired) electrons.